The highest BCUT2D eigenvalue weighted by atomic mass is 35.5. The lowest BCUT2D eigenvalue weighted by Crippen LogP contribution is -2.28. The van der Waals surface area contributed by atoms with Crippen LogP contribution >= 0.6 is 11.6 Å². The molecular formula is C13H21ClN4. The molecule has 1 fully saturated rings. The number of hydrogen-bond donors (Lipinski definition) is 2. The molecule has 4 nitrogen and oxygen atoms in total. The number of nitrogens with zero attached hydrogens (tertiary/aromatic N) is 2. The second kappa shape index (κ2) is 5.74. The van der Waals surface area contributed by atoms with Crippen LogP contribution in [0.25, 0.3) is 0 Å². The maximum absolute atomic E-state index is 5.99. The van der Waals surface area contributed by atoms with Gasteiger partial charge in [0.2, 0.25) is 5.28 Å². The third-order valence-electron chi connectivity index (χ3n) is 3.81. The van der Waals surface area contributed by atoms with Crippen LogP contribution in [0.5, 0.6) is 0 Å². The highest BCUT2D eigenvalue weighted by molar-refractivity contribution is 6.28. The molecule has 2 rings (SSSR count). The Bertz CT molecular complexity index is 422. The van der Waals surface area contributed by atoms with E-state index in [2.05, 4.69) is 22.2 Å². The largest absolute Gasteiger partial charge is 0.394 e. The Balaban J connectivity index is 2.09. The molecule has 0 amide bonds. The molecule has 0 aromatic carbocycles. The quantitative estimate of drug-likeness (QED) is 0.825. The molecule has 0 bridgehead atoms. The normalized spacial score (nSPS) is 23.9. The monoisotopic (exact) mass is 268 g/mol. The van der Waals surface area contributed by atoms with Crippen molar-refractivity contribution in [2.45, 2.75) is 52.0 Å². The van der Waals surface area contributed by atoms with Gasteiger partial charge in [0.25, 0.3) is 0 Å². The van der Waals surface area contributed by atoms with E-state index in [1.165, 1.54) is 32.1 Å². The van der Waals surface area contributed by atoms with Gasteiger partial charge < -0.3 is 11.1 Å². The van der Waals surface area contributed by atoms with Crippen molar-refractivity contribution in [1.82, 2.24) is 9.97 Å². The number of hydrogen-bond acceptors (Lipinski definition) is 4. The van der Waals surface area contributed by atoms with E-state index in [9.17, 15) is 0 Å². The van der Waals surface area contributed by atoms with Gasteiger partial charge in [0.05, 0.1) is 11.4 Å². The molecule has 2 unspecified atom stereocenters. The van der Waals surface area contributed by atoms with E-state index in [4.69, 9.17) is 17.3 Å². The van der Waals surface area contributed by atoms with Crippen molar-refractivity contribution in [2.75, 3.05) is 11.1 Å². The van der Waals surface area contributed by atoms with Gasteiger partial charge in [0.1, 0.15) is 0 Å². The molecule has 100 valence electrons. The molecule has 1 heterocycles. The molecule has 18 heavy (non-hydrogen) atoms. The first-order valence-electron chi connectivity index (χ1n) is 6.66. The third-order valence-corrected chi connectivity index (χ3v) is 3.98. The average molecular weight is 269 g/mol. The third kappa shape index (κ3) is 3.05. The molecule has 0 spiro atoms. The Morgan fingerprint density at radius 3 is 2.89 bits per heavy atom. The molecule has 1 saturated carbocycles. The van der Waals surface area contributed by atoms with Crippen molar-refractivity contribution in [3.05, 3.63) is 11.0 Å². The molecule has 1 aliphatic rings. The second-order valence-electron chi connectivity index (χ2n) is 5.12. The highest BCUT2D eigenvalue weighted by Crippen LogP contribution is 2.30. The summed E-state index contributed by atoms with van der Waals surface area (Å²) in [5.41, 5.74) is 7.34. The number of nitrogen functional groups attached to an aromatic ring is 1. The standard InChI is InChI=1S/C13H21ClN4/c1-3-9-5-4-6-10(7-9)17-12-11(15)8(2)16-13(14)18-12/h9-10H,3-7,15H2,1-2H3,(H,16,17,18). The zero-order chi connectivity index (χ0) is 13.1. The van der Waals surface area contributed by atoms with Crippen molar-refractivity contribution in [1.29, 1.82) is 0 Å². The Hall–Kier alpha value is -1.03. The van der Waals surface area contributed by atoms with E-state index in [1.807, 2.05) is 6.92 Å². The van der Waals surface area contributed by atoms with Gasteiger partial charge >= 0.3 is 0 Å². The summed E-state index contributed by atoms with van der Waals surface area (Å²) in [7, 11) is 0. The van der Waals surface area contributed by atoms with Crippen LogP contribution in [0, 0.1) is 12.8 Å². The van der Waals surface area contributed by atoms with Crippen LogP contribution in [0.3, 0.4) is 0 Å². The van der Waals surface area contributed by atoms with E-state index in [1.54, 1.807) is 0 Å². The van der Waals surface area contributed by atoms with Crippen LogP contribution in [-0.2, 0) is 0 Å². The van der Waals surface area contributed by atoms with Crippen molar-refractivity contribution >= 4 is 23.1 Å². The minimum atomic E-state index is 0.257. The maximum atomic E-state index is 5.99. The lowest BCUT2D eigenvalue weighted by atomic mass is 9.84. The van der Waals surface area contributed by atoms with E-state index in [-0.39, 0.29) is 5.28 Å². The predicted octanol–water partition coefficient (Wildman–Crippen LogP) is 3.40. The van der Waals surface area contributed by atoms with Gasteiger partial charge in [0.15, 0.2) is 5.82 Å². The Kier molecular flexibility index (Phi) is 4.27. The number of aryl methyl sites for hydroxylation is 1. The van der Waals surface area contributed by atoms with Crippen molar-refractivity contribution in [2.24, 2.45) is 5.92 Å². The van der Waals surface area contributed by atoms with E-state index in [0.29, 0.717) is 17.5 Å². The molecule has 1 aliphatic carbocycles. The fraction of sp³-hybridized carbons (Fsp3) is 0.692. The van der Waals surface area contributed by atoms with Crippen LogP contribution in [0.2, 0.25) is 5.28 Å². The fourth-order valence-corrected chi connectivity index (χ4v) is 2.85. The zero-order valence-corrected chi connectivity index (χ0v) is 11.8. The summed E-state index contributed by atoms with van der Waals surface area (Å²) in [5, 5.41) is 3.69. The van der Waals surface area contributed by atoms with Gasteiger partial charge in [-0.15, -0.1) is 0 Å². The summed E-state index contributed by atoms with van der Waals surface area (Å²) in [6, 6.07) is 0.455. The van der Waals surface area contributed by atoms with Crippen molar-refractivity contribution < 1.29 is 0 Å². The highest BCUT2D eigenvalue weighted by Gasteiger charge is 2.22. The Labute approximate surface area is 113 Å². The number of halogens is 1. The van der Waals surface area contributed by atoms with Crippen LogP contribution in [0.1, 0.15) is 44.7 Å². The molecule has 1 aromatic rings. The minimum absolute atomic E-state index is 0.257. The molecular weight excluding hydrogens is 248 g/mol. The summed E-state index contributed by atoms with van der Waals surface area (Å²) in [5.74, 6) is 1.50. The fourth-order valence-electron chi connectivity index (χ4n) is 2.64. The van der Waals surface area contributed by atoms with Crippen LogP contribution in [0.4, 0.5) is 11.5 Å². The van der Waals surface area contributed by atoms with Gasteiger partial charge in [0, 0.05) is 6.04 Å². The first-order chi connectivity index (χ1) is 8.60. The van der Waals surface area contributed by atoms with Crippen LogP contribution < -0.4 is 11.1 Å². The van der Waals surface area contributed by atoms with E-state index < -0.39 is 0 Å². The summed E-state index contributed by atoms with van der Waals surface area (Å²) in [6.45, 7) is 4.11. The molecule has 0 radical (unpaired) electrons. The van der Waals surface area contributed by atoms with Gasteiger partial charge in [-0.25, -0.2) is 4.98 Å². The number of nitrogens with one attached hydrogen (secondary N) is 1. The van der Waals surface area contributed by atoms with Crippen molar-refractivity contribution in [3.63, 3.8) is 0 Å². The molecule has 3 N–H and O–H groups in total. The zero-order valence-electron chi connectivity index (χ0n) is 11.0. The van der Waals surface area contributed by atoms with Gasteiger partial charge in [-0.1, -0.05) is 26.2 Å². The minimum Gasteiger partial charge on any atom is -0.394 e. The predicted molar refractivity (Wildman–Crippen MR) is 75.9 cm³/mol. The molecule has 0 saturated heterocycles. The Morgan fingerprint density at radius 1 is 1.39 bits per heavy atom. The van der Waals surface area contributed by atoms with Gasteiger partial charge in [-0.05, 0) is 37.3 Å². The van der Waals surface area contributed by atoms with Crippen LogP contribution in [0.15, 0.2) is 0 Å². The lowest BCUT2D eigenvalue weighted by Gasteiger charge is -2.29. The van der Waals surface area contributed by atoms with E-state index in [0.717, 1.165) is 11.6 Å². The lowest BCUT2D eigenvalue weighted by molar-refractivity contribution is 0.327. The number of nitrogens with two attached hydrogens (primary N) is 1. The van der Waals surface area contributed by atoms with Crippen LogP contribution in [-0.4, -0.2) is 16.0 Å². The number of rotatable bonds is 3. The van der Waals surface area contributed by atoms with Gasteiger partial charge in [-0.3, -0.25) is 0 Å². The SMILES string of the molecule is CCC1CCCC(Nc2nc(Cl)nc(C)c2N)C1. The number of anilines is 2. The summed E-state index contributed by atoms with van der Waals surface area (Å²) >= 11 is 5.88. The number of aromatic nitrogens is 2. The van der Waals surface area contributed by atoms with E-state index >= 15 is 0 Å². The topological polar surface area (TPSA) is 63.8 Å². The molecule has 0 aliphatic heterocycles. The molecule has 1 aromatic heterocycles. The average Bonchev–Trinajstić information content (AvgIpc) is 2.35. The Morgan fingerprint density at radius 2 is 2.17 bits per heavy atom. The summed E-state index contributed by atoms with van der Waals surface area (Å²) < 4.78 is 0. The maximum Gasteiger partial charge on any atom is 0.224 e. The molecule has 2 atom stereocenters. The summed E-state index contributed by atoms with van der Waals surface area (Å²) in [6.07, 6.45) is 6.23. The smallest absolute Gasteiger partial charge is 0.224 e. The second-order valence-corrected chi connectivity index (χ2v) is 5.46. The van der Waals surface area contributed by atoms with Gasteiger partial charge in [-0.2, -0.15) is 4.98 Å². The first kappa shape index (κ1) is 13.4. The summed E-state index contributed by atoms with van der Waals surface area (Å²) in [4.78, 5) is 8.24. The first-order valence-corrected chi connectivity index (χ1v) is 7.04. The molecule has 5 heteroatoms. The van der Waals surface area contributed by atoms with Crippen molar-refractivity contribution in [3.8, 4) is 0 Å².